The summed E-state index contributed by atoms with van der Waals surface area (Å²) >= 11 is 0. The molecule has 0 spiro atoms. The molecule has 0 aliphatic carbocycles. The number of aromatic nitrogens is 2. The molecule has 0 radical (unpaired) electrons. The lowest BCUT2D eigenvalue weighted by Gasteiger charge is -2.33. The first-order valence-corrected chi connectivity index (χ1v) is 12.0. The number of amides is 1. The summed E-state index contributed by atoms with van der Waals surface area (Å²) in [5.74, 6) is 0.975. The van der Waals surface area contributed by atoms with Crippen LogP contribution in [0.2, 0.25) is 0 Å². The van der Waals surface area contributed by atoms with Crippen molar-refractivity contribution in [1.29, 1.82) is 5.41 Å². The van der Waals surface area contributed by atoms with Gasteiger partial charge < -0.3 is 25.8 Å². The summed E-state index contributed by atoms with van der Waals surface area (Å²) in [5.41, 5.74) is 12.7. The van der Waals surface area contributed by atoms with Crippen LogP contribution in [0.1, 0.15) is 32.6 Å². The van der Waals surface area contributed by atoms with Crippen LogP contribution in [-0.4, -0.2) is 71.7 Å². The molecule has 1 fully saturated rings. The number of piperazine rings is 1. The van der Waals surface area contributed by atoms with Crippen LogP contribution in [-0.2, 0) is 13.0 Å². The topological polar surface area (TPSA) is 102 Å². The van der Waals surface area contributed by atoms with Crippen molar-refractivity contribution >= 4 is 34.5 Å². The van der Waals surface area contributed by atoms with Crippen molar-refractivity contribution in [2.24, 2.45) is 5.73 Å². The second-order valence-electron chi connectivity index (χ2n) is 9.43. The molecular weight excluding hydrogens is 438 g/mol. The van der Waals surface area contributed by atoms with E-state index >= 15 is 0 Å². The van der Waals surface area contributed by atoms with Crippen molar-refractivity contribution in [3.63, 3.8) is 0 Å². The second-order valence-corrected chi connectivity index (χ2v) is 9.43. The van der Waals surface area contributed by atoms with Crippen LogP contribution in [0.15, 0.2) is 42.7 Å². The Balaban J connectivity index is 1.46. The quantitative estimate of drug-likeness (QED) is 0.570. The van der Waals surface area contributed by atoms with Crippen LogP contribution < -0.4 is 10.6 Å². The molecule has 5 rings (SSSR count). The van der Waals surface area contributed by atoms with Crippen LogP contribution in [0.4, 0.5) is 5.82 Å². The van der Waals surface area contributed by atoms with Crippen molar-refractivity contribution in [3.8, 4) is 0 Å². The molecule has 1 aromatic heterocycles. The van der Waals surface area contributed by atoms with Gasteiger partial charge in [-0.25, -0.2) is 9.97 Å². The molecule has 0 saturated carbocycles. The summed E-state index contributed by atoms with van der Waals surface area (Å²) in [6.07, 6.45) is 5.28. The fourth-order valence-corrected chi connectivity index (χ4v) is 5.00. The lowest BCUT2D eigenvalue weighted by Crippen LogP contribution is -2.47. The van der Waals surface area contributed by atoms with Crippen molar-refractivity contribution in [3.05, 3.63) is 70.6 Å². The monoisotopic (exact) mass is 469 g/mol. The molecule has 1 amide bonds. The number of fused-ring (bicyclic) bond motifs is 2. The number of nitrogens with zero attached hydrogens (tertiary/aromatic N) is 5. The smallest absolute Gasteiger partial charge is 0.253 e. The first-order valence-electron chi connectivity index (χ1n) is 12.0. The Hall–Kier alpha value is -3.78. The third kappa shape index (κ3) is 4.49. The van der Waals surface area contributed by atoms with E-state index in [2.05, 4.69) is 38.9 Å². The summed E-state index contributed by atoms with van der Waals surface area (Å²) in [4.78, 5) is 28.8. The van der Waals surface area contributed by atoms with Gasteiger partial charge in [0.25, 0.3) is 5.91 Å². The molecule has 35 heavy (non-hydrogen) atoms. The van der Waals surface area contributed by atoms with Gasteiger partial charge in [-0.05, 0) is 73.0 Å². The van der Waals surface area contributed by atoms with Gasteiger partial charge in [0, 0.05) is 62.1 Å². The number of benzene rings is 2. The Morgan fingerprint density at radius 2 is 1.83 bits per heavy atom. The average Bonchev–Trinajstić information content (AvgIpc) is 2.88. The van der Waals surface area contributed by atoms with Gasteiger partial charge in [0.1, 0.15) is 12.1 Å². The van der Waals surface area contributed by atoms with Gasteiger partial charge >= 0.3 is 0 Å². The number of likely N-dealkylation sites (N-methyl/N-ethyl adjacent to an activating group) is 1. The molecule has 8 nitrogen and oxygen atoms in total. The lowest BCUT2D eigenvalue weighted by molar-refractivity contribution is 0.0664. The zero-order valence-electron chi connectivity index (χ0n) is 20.3. The van der Waals surface area contributed by atoms with Crippen molar-refractivity contribution in [2.75, 3.05) is 44.7 Å². The third-order valence-corrected chi connectivity index (χ3v) is 7.06. The first-order chi connectivity index (χ1) is 16.9. The van der Waals surface area contributed by atoms with Gasteiger partial charge in [0.05, 0.1) is 5.52 Å². The normalized spacial score (nSPS) is 16.9. The molecule has 2 aromatic carbocycles. The fourth-order valence-electron chi connectivity index (χ4n) is 5.00. The van der Waals surface area contributed by atoms with Gasteiger partial charge in [0.2, 0.25) is 0 Å². The van der Waals surface area contributed by atoms with Gasteiger partial charge in [0.15, 0.2) is 0 Å². The first kappa shape index (κ1) is 23.0. The predicted octanol–water partition coefficient (Wildman–Crippen LogP) is 2.84. The molecular formula is C27H31N7O. The van der Waals surface area contributed by atoms with E-state index in [4.69, 9.17) is 11.1 Å². The molecule has 180 valence electrons. The minimum Gasteiger partial charge on any atom is -0.398 e. The maximum absolute atomic E-state index is 13.2. The fraction of sp³-hybridized carbons (Fsp3) is 0.333. The number of hydrogen-bond acceptors (Lipinski definition) is 7. The van der Waals surface area contributed by atoms with Crippen molar-refractivity contribution in [2.45, 2.75) is 19.9 Å². The van der Waals surface area contributed by atoms with E-state index in [0.29, 0.717) is 12.2 Å². The summed E-state index contributed by atoms with van der Waals surface area (Å²) < 4.78 is 0. The summed E-state index contributed by atoms with van der Waals surface area (Å²) in [7, 11) is 2.09. The maximum Gasteiger partial charge on any atom is 0.253 e. The molecule has 0 unspecified atom stereocenters. The Morgan fingerprint density at radius 3 is 2.60 bits per heavy atom. The van der Waals surface area contributed by atoms with Crippen LogP contribution in [0.25, 0.3) is 16.6 Å². The summed E-state index contributed by atoms with van der Waals surface area (Å²) in [5, 5.41) is 8.29. The molecule has 8 heteroatoms. The largest absolute Gasteiger partial charge is 0.398 e. The Kier molecular flexibility index (Phi) is 6.21. The van der Waals surface area contributed by atoms with Gasteiger partial charge in [-0.3, -0.25) is 4.79 Å². The zero-order valence-corrected chi connectivity index (χ0v) is 20.3. The molecule has 2 aliphatic heterocycles. The van der Waals surface area contributed by atoms with Crippen LogP contribution in [0, 0.1) is 12.3 Å². The number of carbonyl (C=O) groups excluding carboxylic acids is 1. The van der Waals surface area contributed by atoms with E-state index in [1.165, 1.54) is 17.3 Å². The second kappa shape index (κ2) is 9.46. The Bertz CT molecular complexity index is 1320. The van der Waals surface area contributed by atoms with E-state index in [-0.39, 0.29) is 5.91 Å². The van der Waals surface area contributed by atoms with Gasteiger partial charge in [-0.15, -0.1) is 0 Å². The highest BCUT2D eigenvalue weighted by Gasteiger charge is 2.24. The predicted molar refractivity (Wildman–Crippen MR) is 140 cm³/mol. The van der Waals surface area contributed by atoms with E-state index in [0.717, 1.165) is 72.6 Å². The van der Waals surface area contributed by atoms with Crippen LogP contribution in [0.5, 0.6) is 0 Å². The average molecular weight is 470 g/mol. The molecule has 2 aliphatic rings. The summed E-state index contributed by atoms with van der Waals surface area (Å²) in [6, 6.07) is 10.2. The van der Waals surface area contributed by atoms with E-state index in [1.807, 2.05) is 30.0 Å². The molecule has 3 heterocycles. The number of hydrogen-bond donors (Lipinski definition) is 2. The van der Waals surface area contributed by atoms with Crippen LogP contribution >= 0.6 is 0 Å². The highest BCUT2D eigenvalue weighted by Crippen LogP contribution is 2.32. The van der Waals surface area contributed by atoms with Crippen LogP contribution in [0.3, 0.4) is 0 Å². The maximum atomic E-state index is 13.2. The van der Waals surface area contributed by atoms with Gasteiger partial charge in [-0.1, -0.05) is 6.07 Å². The number of aryl methyl sites for hydroxylation is 1. The zero-order chi connectivity index (χ0) is 24.5. The molecule has 1 saturated heterocycles. The minimum absolute atomic E-state index is 0.110. The number of rotatable bonds is 4. The number of carbonyl (C=O) groups is 1. The SMILES string of the molecule is Cc1cc(/C(N)=C/C=N)cc2c(N3CCc4ccc(C(=O)N5CCN(C)CC5)cc4C3)ncnc12. The van der Waals surface area contributed by atoms with Crippen molar-refractivity contribution < 1.29 is 4.79 Å². The van der Waals surface area contributed by atoms with E-state index in [9.17, 15) is 4.79 Å². The molecule has 0 atom stereocenters. The standard InChI is InChI=1S/C27H31N7O/c1-18-13-21(24(29)5-7-28)15-23-25(18)30-17-31-26(23)34-8-6-19-3-4-20(14-22(19)16-34)27(35)33-11-9-32(2)10-12-33/h3-5,7,13-15,17,28H,6,8-12,16,29H2,1-2H3/b24-5-,28-7?. The van der Waals surface area contributed by atoms with Crippen molar-refractivity contribution in [1.82, 2.24) is 19.8 Å². The highest BCUT2D eigenvalue weighted by atomic mass is 16.2. The van der Waals surface area contributed by atoms with Gasteiger partial charge in [-0.2, -0.15) is 0 Å². The number of anilines is 1. The Labute approximate surface area is 205 Å². The lowest BCUT2D eigenvalue weighted by atomic mass is 9.96. The van der Waals surface area contributed by atoms with E-state index < -0.39 is 0 Å². The molecule has 0 bridgehead atoms. The summed E-state index contributed by atoms with van der Waals surface area (Å²) in [6.45, 7) is 6.88. The minimum atomic E-state index is 0.110. The van der Waals surface area contributed by atoms with E-state index in [1.54, 1.807) is 12.4 Å². The number of nitrogens with two attached hydrogens (primary N) is 1. The Morgan fingerprint density at radius 1 is 1.03 bits per heavy atom. The third-order valence-electron chi connectivity index (χ3n) is 7.06. The number of nitrogens with one attached hydrogen (secondary N) is 1. The molecule has 3 aromatic rings. The molecule has 3 N–H and O–H groups in total. The number of allylic oxidation sites excluding steroid dienone is 1. The highest BCUT2D eigenvalue weighted by molar-refractivity contribution is 5.96.